The van der Waals surface area contributed by atoms with Crippen LogP contribution in [0.3, 0.4) is 0 Å². The molecule has 0 bridgehead atoms. The fraction of sp³-hybridized carbons (Fsp3) is 0.286. The zero-order chi connectivity index (χ0) is 12.4. The third kappa shape index (κ3) is 2.56. The van der Waals surface area contributed by atoms with Crippen LogP contribution in [0.5, 0.6) is 0 Å². The molecular weight excluding hydrogens is 233 g/mol. The van der Waals surface area contributed by atoms with Gasteiger partial charge in [-0.3, -0.25) is 0 Å². The second kappa shape index (κ2) is 4.98. The van der Waals surface area contributed by atoms with Gasteiger partial charge in [-0.15, -0.1) is 11.3 Å². The van der Waals surface area contributed by atoms with E-state index in [0.717, 1.165) is 16.9 Å². The van der Waals surface area contributed by atoms with Gasteiger partial charge in [-0.25, -0.2) is 4.39 Å². The first-order valence-electron chi connectivity index (χ1n) is 5.72. The Hall–Kier alpha value is -1.19. The molecule has 0 radical (unpaired) electrons. The number of hydrogen-bond donors (Lipinski definition) is 1. The quantitative estimate of drug-likeness (QED) is 0.879. The second-order valence-corrected chi connectivity index (χ2v) is 5.34. The van der Waals surface area contributed by atoms with E-state index >= 15 is 0 Å². The van der Waals surface area contributed by atoms with Crippen molar-refractivity contribution in [1.82, 2.24) is 0 Å². The van der Waals surface area contributed by atoms with Gasteiger partial charge in [0.05, 0.1) is 6.04 Å². The number of aryl methyl sites for hydroxylation is 2. The monoisotopic (exact) mass is 249 g/mol. The van der Waals surface area contributed by atoms with Gasteiger partial charge in [-0.2, -0.15) is 0 Å². The molecule has 0 saturated carbocycles. The van der Waals surface area contributed by atoms with Gasteiger partial charge >= 0.3 is 0 Å². The normalized spacial score (nSPS) is 12.7. The van der Waals surface area contributed by atoms with Crippen molar-refractivity contribution in [3.63, 3.8) is 0 Å². The minimum atomic E-state index is -0.226. The molecule has 1 aromatic heterocycles. The first kappa shape index (κ1) is 12.3. The average Bonchev–Trinajstić information content (AvgIpc) is 2.80. The fourth-order valence-corrected chi connectivity index (χ4v) is 2.70. The lowest BCUT2D eigenvalue weighted by Gasteiger charge is -2.10. The molecule has 1 atom stereocenters. The lowest BCUT2D eigenvalue weighted by atomic mass is 10.0. The van der Waals surface area contributed by atoms with E-state index in [1.54, 1.807) is 24.3 Å². The van der Waals surface area contributed by atoms with Crippen LogP contribution in [-0.2, 0) is 6.42 Å². The summed E-state index contributed by atoms with van der Waals surface area (Å²) in [5.41, 5.74) is 7.63. The van der Waals surface area contributed by atoms with Crippen molar-refractivity contribution in [1.29, 1.82) is 0 Å². The Labute approximate surface area is 105 Å². The molecule has 0 aliphatic rings. The summed E-state index contributed by atoms with van der Waals surface area (Å²) in [5.74, 6) is -0.190. The molecule has 1 nitrogen and oxygen atoms in total. The zero-order valence-electron chi connectivity index (χ0n) is 10.0. The van der Waals surface area contributed by atoms with E-state index in [-0.39, 0.29) is 11.9 Å². The van der Waals surface area contributed by atoms with Gasteiger partial charge < -0.3 is 5.73 Å². The summed E-state index contributed by atoms with van der Waals surface area (Å²) < 4.78 is 13.5. The molecule has 0 saturated heterocycles. The Morgan fingerprint density at radius 1 is 1.29 bits per heavy atom. The van der Waals surface area contributed by atoms with E-state index in [4.69, 9.17) is 5.73 Å². The SMILES string of the molecule is CCc1ccc(C(N)c2ccc(C)c(F)c2)s1. The summed E-state index contributed by atoms with van der Waals surface area (Å²) in [6.45, 7) is 3.87. The van der Waals surface area contributed by atoms with Gasteiger partial charge in [0.15, 0.2) is 0 Å². The van der Waals surface area contributed by atoms with Crippen molar-refractivity contribution >= 4 is 11.3 Å². The molecular formula is C14H16FNS. The lowest BCUT2D eigenvalue weighted by Crippen LogP contribution is -2.10. The molecule has 3 heteroatoms. The van der Waals surface area contributed by atoms with Crippen molar-refractivity contribution in [3.05, 3.63) is 57.0 Å². The van der Waals surface area contributed by atoms with Crippen LogP contribution in [0.25, 0.3) is 0 Å². The molecule has 17 heavy (non-hydrogen) atoms. The minimum Gasteiger partial charge on any atom is -0.320 e. The summed E-state index contributed by atoms with van der Waals surface area (Å²) in [6, 6.07) is 9.10. The van der Waals surface area contributed by atoms with Crippen molar-refractivity contribution in [3.8, 4) is 0 Å². The number of halogens is 1. The van der Waals surface area contributed by atoms with Crippen molar-refractivity contribution in [2.75, 3.05) is 0 Å². The second-order valence-electron chi connectivity index (χ2n) is 4.14. The predicted octanol–water partition coefficient (Wildman–Crippen LogP) is 3.81. The fourth-order valence-electron chi connectivity index (χ4n) is 1.72. The molecule has 0 aliphatic carbocycles. The summed E-state index contributed by atoms with van der Waals surface area (Å²) >= 11 is 1.70. The van der Waals surface area contributed by atoms with Crippen LogP contribution in [0.2, 0.25) is 0 Å². The highest BCUT2D eigenvalue weighted by atomic mass is 32.1. The Morgan fingerprint density at radius 3 is 2.65 bits per heavy atom. The number of nitrogens with two attached hydrogens (primary N) is 1. The highest BCUT2D eigenvalue weighted by Crippen LogP contribution is 2.27. The van der Waals surface area contributed by atoms with Gasteiger partial charge in [0.1, 0.15) is 5.82 Å². The smallest absolute Gasteiger partial charge is 0.126 e. The molecule has 1 unspecified atom stereocenters. The van der Waals surface area contributed by atoms with Gasteiger partial charge in [0.2, 0.25) is 0 Å². The van der Waals surface area contributed by atoms with Crippen molar-refractivity contribution in [2.24, 2.45) is 5.73 Å². The number of hydrogen-bond acceptors (Lipinski definition) is 2. The maximum atomic E-state index is 13.5. The molecule has 1 heterocycles. The molecule has 90 valence electrons. The van der Waals surface area contributed by atoms with E-state index in [0.29, 0.717) is 5.56 Å². The Morgan fingerprint density at radius 2 is 2.06 bits per heavy atom. The number of rotatable bonds is 3. The van der Waals surface area contributed by atoms with Gasteiger partial charge in [0.25, 0.3) is 0 Å². The standard InChI is InChI=1S/C14H16FNS/c1-3-11-6-7-13(17-11)14(16)10-5-4-9(2)12(15)8-10/h4-8,14H,3,16H2,1-2H3. The molecule has 0 aliphatic heterocycles. The van der Waals surface area contributed by atoms with Crippen LogP contribution in [0, 0.1) is 12.7 Å². The van der Waals surface area contributed by atoms with E-state index in [9.17, 15) is 4.39 Å². The van der Waals surface area contributed by atoms with E-state index in [1.807, 2.05) is 12.1 Å². The van der Waals surface area contributed by atoms with Crippen LogP contribution < -0.4 is 5.73 Å². The highest BCUT2D eigenvalue weighted by molar-refractivity contribution is 7.12. The first-order valence-corrected chi connectivity index (χ1v) is 6.53. The van der Waals surface area contributed by atoms with Gasteiger partial charge in [0, 0.05) is 9.75 Å². The summed E-state index contributed by atoms with van der Waals surface area (Å²) in [7, 11) is 0. The van der Waals surface area contributed by atoms with E-state index in [1.165, 1.54) is 10.9 Å². The molecule has 0 fully saturated rings. The largest absolute Gasteiger partial charge is 0.320 e. The summed E-state index contributed by atoms with van der Waals surface area (Å²) in [5, 5.41) is 0. The number of thiophene rings is 1. The van der Waals surface area contributed by atoms with E-state index in [2.05, 4.69) is 13.0 Å². The van der Waals surface area contributed by atoms with Crippen molar-refractivity contribution in [2.45, 2.75) is 26.3 Å². The molecule has 1 aromatic carbocycles. The third-order valence-electron chi connectivity index (χ3n) is 2.89. The molecule has 2 aromatic rings. The van der Waals surface area contributed by atoms with Crippen LogP contribution in [0.4, 0.5) is 4.39 Å². The molecule has 0 amide bonds. The van der Waals surface area contributed by atoms with Crippen LogP contribution in [0.15, 0.2) is 30.3 Å². The Balaban J connectivity index is 2.29. The van der Waals surface area contributed by atoms with Crippen molar-refractivity contribution < 1.29 is 4.39 Å². The lowest BCUT2D eigenvalue weighted by molar-refractivity contribution is 0.614. The maximum Gasteiger partial charge on any atom is 0.126 e. The maximum absolute atomic E-state index is 13.5. The molecule has 2 rings (SSSR count). The Bertz CT molecular complexity index is 519. The zero-order valence-corrected chi connectivity index (χ0v) is 10.9. The van der Waals surface area contributed by atoms with Crippen LogP contribution in [-0.4, -0.2) is 0 Å². The van der Waals surface area contributed by atoms with Gasteiger partial charge in [-0.1, -0.05) is 19.1 Å². The highest BCUT2D eigenvalue weighted by Gasteiger charge is 2.12. The van der Waals surface area contributed by atoms with Gasteiger partial charge in [-0.05, 0) is 42.7 Å². The number of benzene rings is 1. The first-order chi connectivity index (χ1) is 8.11. The van der Waals surface area contributed by atoms with Crippen LogP contribution in [0.1, 0.15) is 33.8 Å². The summed E-state index contributed by atoms with van der Waals surface area (Å²) in [6.07, 6.45) is 1.01. The molecule has 0 spiro atoms. The van der Waals surface area contributed by atoms with Crippen LogP contribution >= 0.6 is 11.3 Å². The molecule has 2 N–H and O–H groups in total. The van der Waals surface area contributed by atoms with E-state index < -0.39 is 0 Å². The third-order valence-corrected chi connectivity index (χ3v) is 4.21. The summed E-state index contributed by atoms with van der Waals surface area (Å²) in [4.78, 5) is 2.40. The minimum absolute atomic E-state index is 0.190. The topological polar surface area (TPSA) is 26.0 Å². The Kier molecular flexibility index (Phi) is 3.60. The average molecular weight is 249 g/mol. The predicted molar refractivity (Wildman–Crippen MR) is 70.9 cm³/mol.